The van der Waals surface area contributed by atoms with Crippen LogP contribution in [0.15, 0.2) is 0 Å². The predicted octanol–water partition coefficient (Wildman–Crippen LogP) is 1.55. The molecule has 1 saturated carbocycles. The van der Waals surface area contributed by atoms with Crippen molar-refractivity contribution in [3.8, 4) is 0 Å². The van der Waals surface area contributed by atoms with E-state index < -0.39 is 0 Å². The average molecular weight is 267 g/mol. The van der Waals surface area contributed by atoms with Crippen LogP contribution >= 0.6 is 0 Å². The van der Waals surface area contributed by atoms with Crippen LogP contribution in [0.5, 0.6) is 0 Å². The number of nitrogens with one attached hydrogen (secondary N) is 1. The summed E-state index contributed by atoms with van der Waals surface area (Å²) in [6.07, 6.45) is 4.89. The molecule has 1 unspecified atom stereocenters. The molecule has 0 spiro atoms. The molecule has 1 N–H and O–H groups in total. The lowest BCUT2D eigenvalue weighted by molar-refractivity contribution is 0.169. The Morgan fingerprint density at radius 3 is 3.05 bits per heavy atom. The van der Waals surface area contributed by atoms with E-state index in [1.54, 1.807) is 7.11 Å². The number of ether oxygens (including phenoxy) is 1. The molecule has 1 aliphatic carbocycles. The SMILES string of the molecule is COCCNCc1nnnn1C1CCCC(C)(C)C1. The van der Waals surface area contributed by atoms with Gasteiger partial charge in [-0.2, -0.15) is 0 Å². The summed E-state index contributed by atoms with van der Waals surface area (Å²) < 4.78 is 7.03. The lowest BCUT2D eigenvalue weighted by atomic mass is 9.75. The zero-order chi connectivity index (χ0) is 13.7. The van der Waals surface area contributed by atoms with E-state index in [0.29, 0.717) is 24.6 Å². The highest BCUT2D eigenvalue weighted by Crippen LogP contribution is 2.40. The molecule has 108 valence electrons. The molecule has 6 heteroatoms. The Labute approximate surface area is 114 Å². The van der Waals surface area contributed by atoms with Crippen LogP contribution in [-0.4, -0.2) is 40.5 Å². The van der Waals surface area contributed by atoms with Crippen molar-refractivity contribution in [1.29, 1.82) is 0 Å². The number of tetrazole rings is 1. The average Bonchev–Trinajstić information content (AvgIpc) is 2.82. The highest BCUT2D eigenvalue weighted by atomic mass is 16.5. The molecule has 0 bridgehead atoms. The monoisotopic (exact) mass is 267 g/mol. The van der Waals surface area contributed by atoms with Crippen LogP contribution in [0.3, 0.4) is 0 Å². The Morgan fingerprint density at radius 2 is 2.32 bits per heavy atom. The third-order valence-corrected chi connectivity index (χ3v) is 3.85. The van der Waals surface area contributed by atoms with Gasteiger partial charge in [-0.25, -0.2) is 4.68 Å². The van der Waals surface area contributed by atoms with Gasteiger partial charge in [0.25, 0.3) is 0 Å². The first kappa shape index (κ1) is 14.4. The second-order valence-corrected chi connectivity index (χ2v) is 6.12. The third kappa shape index (κ3) is 3.98. The van der Waals surface area contributed by atoms with Gasteiger partial charge in [-0.15, -0.1) is 5.10 Å². The van der Waals surface area contributed by atoms with E-state index in [1.165, 1.54) is 19.3 Å². The van der Waals surface area contributed by atoms with Gasteiger partial charge in [-0.1, -0.05) is 20.3 Å². The van der Waals surface area contributed by atoms with Gasteiger partial charge in [0.15, 0.2) is 5.82 Å². The highest BCUT2D eigenvalue weighted by molar-refractivity contribution is 4.89. The molecule has 1 aromatic heterocycles. The van der Waals surface area contributed by atoms with Crippen molar-refractivity contribution in [2.75, 3.05) is 20.3 Å². The molecule has 0 aromatic carbocycles. The Balaban J connectivity index is 1.94. The third-order valence-electron chi connectivity index (χ3n) is 3.85. The van der Waals surface area contributed by atoms with Crippen LogP contribution in [0.2, 0.25) is 0 Å². The van der Waals surface area contributed by atoms with Crippen molar-refractivity contribution in [2.24, 2.45) is 5.41 Å². The van der Waals surface area contributed by atoms with Crippen molar-refractivity contribution in [1.82, 2.24) is 25.5 Å². The van der Waals surface area contributed by atoms with E-state index in [9.17, 15) is 0 Å². The molecule has 1 aliphatic rings. The van der Waals surface area contributed by atoms with E-state index in [4.69, 9.17) is 4.74 Å². The van der Waals surface area contributed by atoms with Crippen molar-refractivity contribution in [3.05, 3.63) is 5.82 Å². The van der Waals surface area contributed by atoms with Crippen LogP contribution in [0.25, 0.3) is 0 Å². The second-order valence-electron chi connectivity index (χ2n) is 6.12. The maximum absolute atomic E-state index is 5.01. The van der Waals surface area contributed by atoms with Gasteiger partial charge in [0.2, 0.25) is 0 Å². The molecule has 0 saturated heterocycles. The summed E-state index contributed by atoms with van der Waals surface area (Å²) in [5.74, 6) is 0.929. The summed E-state index contributed by atoms with van der Waals surface area (Å²) >= 11 is 0. The molecular formula is C13H25N5O. The Morgan fingerprint density at radius 1 is 1.47 bits per heavy atom. The zero-order valence-electron chi connectivity index (χ0n) is 12.2. The summed E-state index contributed by atoms with van der Waals surface area (Å²) in [6, 6.07) is 0.443. The van der Waals surface area contributed by atoms with Crippen LogP contribution in [-0.2, 0) is 11.3 Å². The minimum atomic E-state index is 0.398. The smallest absolute Gasteiger partial charge is 0.165 e. The van der Waals surface area contributed by atoms with Gasteiger partial charge in [0.1, 0.15) is 0 Å². The van der Waals surface area contributed by atoms with Crippen molar-refractivity contribution in [3.63, 3.8) is 0 Å². The minimum absolute atomic E-state index is 0.398. The Bertz CT molecular complexity index is 390. The summed E-state index contributed by atoms with van der Waals surface area (Å²) in [4.78, 5) is 0. The van der Waals surface area contributed by atoms with Gasteiger partial charge in [-0.3, -0.25) is 0 Å². The molecule has 0 amide bonds. The van der Waals surface area contributed by atoms with Gasteiger partial charge < -0.3 is 10.1 Å². The summed E-state index contributed by atoms with van der Waals surface area (Å²) in [6.45, 7) is 6.89. The molecular weight excluding hydrogens is 242 g/mol. The maximum Gasteiger partial charge on any atom is 0.165 e. The summed E-state index contributed by atoms with van der Waals surface area (Å²) in [7, 11) is 1.70. The quantitative estimate of drug-likeness (QED) is 0.792. The fourth-order valence-electron chi connectivity index (χ4n) is 2.85. The van der Waals surface area contributed by atoms with Gasteiger partial charge in [0.05, 0.1) is 19.2 Å². The largest absolute Gasteiger partial charge is 0.383 e. The standard InChI is InChI=1S/C13H25N5O/c1-13(2)6-4-5-11(9-13)18-12(15-16-17-18)10-14-7-8-19-3/h11,14H,4-10H2,1-3H3. The molecule has 0 radical (unpaired) electrons. The molecule has 1 aromatic rings. The Hall–Kier alpha value is -1.01. The first-order chi connectivity index (χ1) is 9.12. The molecule has 1 atom stereocenters. The van der Waals surface area contributed by atoms with Crippen molar-refractivity contribution in [2.45, 2.75) is 52.1 Å². The molecule has 1 fully saturated rings. The normalized spacial score (nSPS) is 22.6. The number of methoxy groups -OCH3 is 1. The maximum atomic E-state index is 5.01. The second kappa shape index (κ2) is 6.43. The van der Waals surface area contributed by atoms with Gasteiger partial charge in [0, 0.05) is 13.7 Å². The number of hydrogen-bond donors (Lipinski definition) is 1. The van der Waals surface area contributed by atoms with Crippen LogP contribution in [0.1, 0.15) is 51.4 Å². The lowest BCUT2D eigenvalue weighted by Crippen LogP contribution is -2.28. The van der Waals surface area contributed by atoms with Crippen LogP contribution in [0, 0.1) is 5.41 Å². The first-order valence-corrected chi connectivity index (χ1v) is 7.09. The van der Waals surface area contributed by atoms with Crippen molar-refractivity contribution >= 4 is 0 Å². The van der Waals surface area contributed by atoms with Gasteiger partial charge in [-0.05, 0) is 35.1 Å². The summed E-state index contributed by atoms with van der Waals surface area (Å²) in [5.41, 5.74) is 0.398. The molecule has 0 aliphatic heterocycles. The topological polar surface area (TPSA) is 64.9 Å². The molecule has 2 rings (SSSR count). The van der Waals surface area contributed by atoms with E-state index >= 15 is 0 Å². The molecule has 19 heavy (non-hydrogen) atoms. The fourth-order valence-corrected chi connectivity index (χ4v) is 2.85. The summed E-state index contributed by atoms with van der Waals surface area (Å²) in [5, 5.41) is 15.5. The first-order valence-electron chi connectivity index (χ1n) is 7.09. The minimum Gasteiger partial charge on any atom is -0.383 e. The van der Waals surface area contributed by atoms with Crippen molar-refractivity contribution < 1.29 is 4.74 Å². The van der Waals surface area contributed by atoms with E-state index in [0.717, 1.165) is 18.8 Å². The van der Waals surface area contributed by atoms with E-state index in [2.05, 4.69) is 34.7 Å². The molecule has 1 heterocycles. The number of nitrogens with zero attached hydrogens (tertiary/aromatic N) is 4. The fraction of sp³-hybridized carbons (Fsp3) is 0.923. The number of aromatic nitrogens is 4. The zero-order valence-corrected chi connectivity index (χ0v) is 12.2. The van der Waals surface area contributed by atoms with E-state index in [-0.39, 0.29) is 0 Å². The lowest BCUT2D eigenvalue weighted by Gasteiger charge is -2.35. The predicted molar refractivity (Wildman–Crippen MR) is 72.7 cm³/mol. The number of rotatable bonds is 6. The molecule has 6 nitrogen and oxygen atoms in total. The Kier molecular flexibility index (Phi) is 4.87. The van der Waals surface area contributed by atoms with Crippen LogP contribution < -0.4 is 5.32 Å². The highest BCUT2D eigenvalue weighted by Gasteiger charge is 2.30. The van der Waals surface area contributed by atoms with E-state index in [1.807, 2.05) is 4.68 Å². The van der Waals surface area contributed by atoms with Gasteiger partial charge >= 0.3 is 0 Å². The number of hydrogen-bond acceptors (Lipinski definition) is 5. The van der Waals surface area contributed by atoms with Crippen LogP contribution in [0.4, 0.5) is 0 Å².